The van der Waals surface area contributed by atoms with Gasteiger partial charge in [-0.3, -0.25) is 4.79 Å². The smallest absolute Gasteiger partial charge is 0.230 e. The van der Waals surface area contributed by atoms with Crippen LogP contribution < -0.4 is 5.32 Å². The van der Waals surface area contributed by atoms with Crippen molar-refractivity contribution in [2.75, 3.05) is 5.32 Å². The predicted octanol–water partition coefficient (Wildman–Crippen LogP) is 4.15. The van der Waals surface area contributed by atoms with Crippen LogP contribution in [0.3, 0.4) is 0 Å². The Kier molecular flexibility index (Phi) is 5.93. The second-order valence-corrected chi connectivity index (χ2v) is 10.5. The van der Waals surface area contributed by atoms with E-state index in [2.05, 4.69) is 44.2 Å². The second-order valence-electron chi connectivity index (χ2n) is 8.11. The largest absolute Gasteiger partial charge is 0.413 e. The molecule has 1 aromatic heterocycles. The van der Waals surface area contributed by atoms with E-state index in [1.54, 1.807) is 6.20 Å². The zero-order chi connectivity index (χ0) is 17.1. The molecular formula is C17H30N2O2Si. The topological polar surface area (TPSA) is 51.2 Å². The van der Waals surface area contributed by atoms with Crippen molar-refractivity contribution in [2.24, 2.45) is 10.8 Å². The lowest BCUT2D eigenvalue weighted by Crippen LogP contribution is -2.29. The van der Waals surface area contributed by atoms with Crippen molar-refractivity contribution >= 4 is 20.8 Å². The van der Waals surface area contributed by atoms with E-state index < -0.39 is 14.5 Å². The van der Waals surface area contributed by atoms with E-state index in [9.17, 15) is 4.79 Å². The molecule has 1 amide bonds. The molecule has 0 aliphatic rings. The number of hydrogen-bond donors (Lipinski definition) is 1. The summed E-state index contributed by atoms with van der Waals surface area (Å²) in [5.74, 6) is 0.546. The van der Waals surface area contributed by atoms with Gasteiger partial charge < -0.3 is 9.74 Å². The molecule has 0 saturated carbocycles. The predicted molar refractivity (Wildman–Crippen MR) is 94.5 cm³/mol. The van der Waals surface area contributed by atoms with E-state index in [0.29, 0.717) is 5.82 Å². The summed E-state index contributed by atoms with van der Waals surface area (Å²) >= 11 is 0. The summed E-state index contributed by atoms with van der Waals surface area (Å²) in [4.78, 5) is 16.4. The van der Waals surface area contributed by atoms with Crippen LogP contribution in [0.1, 0.15) is 53.2 Å². The normalized spacial score (nSPS) is 14.0. The highest BCUT2D eigenvalue weighted by Gasteiger charge is 2.28. The summed E-state index contributed by atoms with van der Waals surface area (Å²) in [5.41, 5.74) is 0.611. The van der Waals surface area contributed by atoms with E-state index in [1.165, 1.54) is 0 Å². The molecule has 0 spiro atoms. The Labute approximate surface area is 136 Å². The molecule has 0 fully saturated rings. The third kappa shape index (κ3) is 5.53. The molecule has 1 N–H and O–H groups in total. The summed E-state index contributed by atoms with van der Waals surface area (Å²) in [7, 11) is -1.18. The molecule has 0 saturated heterocycles. The average Bonchev–Trinajstić information content (AvgIpc) is 2.33. The van der Waals surface area contributed by atoms with Gasteiger partial charge in [0.05, 0.1) is 6.10 Å². The Balaban J connectivity index is 3.05. The summed E-state index contributed by atoms with van der Waals surface area (Å²) in [5, 5.41) is 2.89. The highest BCUT2D eigenvalue weighted by atomic mass is 28.3. The zero-order valence-corrected chi connectivity index (χ0v) is 16.3. The van der Waals surface area contributed by atoms with Gasteiger partial charge in [0.1, 0.15) is 5.82 Å². The van der Waals surface area contributed by atoms with Crippen molar-refractivity contribution in [3.05, 3.63) is 23.9 Å². The van der Waals surface area contributed by atoms with Crippen LogP contribution in [0.5, 0.6) is 0 Å². The van der Waals surface area contributed by atoms with Gasteiger partial charge in [0.25, 0.3) is 0 Å². The Hall–Kier alpha value is -1.20. The molecule has 1 unspecified atom stereocenters. The maximum atomic E-state index is 12.1. The molecule has 4 nitrogen and oxygen atoms in total. The van der Waals surface area contributed by atoms with Crippen molar-refractivity contribution in [2.45, 2.75) is 60.7 Å². The molecule has 0 bridgehead atoms. The van der Waals surface area contributed by atoms with Gasteiger partial charge in [0.15, 0.2) is 9.04 Å². The SMILES string of the molecule is C[SiH](C)OC(c1ccnc(NC(=O)C(C)(C)C)c1)C(C)(C)C. The molecule has 0 aliphatic heterocycles. The first-order valence-corrected chi connectivity index (χ1v) is 10.6. The van der Waals surface area contributed by atoms with Crippen molar-refractivity contribution in [1.29, 1.82) is 0 Å². The van der Waals surface area contributed by atoms with Crippen LogP contribution in [0, 0.1) is 10.8 Å². The number of hydrogen-bond acceptors (Lipinski definition) is 3. The second kappa shape index (κ2) is 6.92. The summed E-state index contributed by atoms with van der Waals surface area (Å²) in [6.45, 7) is 16.5. The number of amides is 1. The van der Waals surface area contributed by atoms with Crippen molar-refractivity contribution in [3.8, 4) is 0 Å². The third-order valence-corrected chi connectivity index (χ3v) is 4.02. The van der Waals surface area contributed by atoms with Gasteiger partial charge in [-0.1, -0.05) is 41.5 Å². The monoisotopic (exact) mass is 322 g/mol. The number of nitrogens with one attached hydrogen (secondary N) is 1. The summed E-state index contributed by atoms with van der Waals surface area (Å²) in [6, 6.07) is 3.90. The van der Waals surface area contributed by atoms with Gasteiger partial charge in [-0.05, 0) is 36.2 Å². The van der Waals surface area contributed by atoms with E-state index in [4.69, 9.17) is 4.43 Å². The molecule has 1 rings (SSSR count). The molecule has 1 aromatic rings. The van der Waals surface area contributed by atoms with E-state index in [1.807, 2.05) is 32.9 Å². The first kappa shape index (κ1) is 18.8. The van der Waals surface area contributed by atoms with Gasteiger partial charge in [-0.2, -0.15) is 0 Å². The maximum absolute atomic E-state index is 12.1. The maximum Gasteiger partial charge on any atom is 0.230 e. The minimum absolute atomic E-state index is 0.00690. The first-order valence-electron chi connectivity index (χ1n) is 7.84. The number of pyridine rings is 1. The number of nitrogens with zero attached hydrogens (tertiary/aromatic N) is 1. The van der Waals surface area contributed by atoms with Gasteiger partial charge in [0, 0.05) is 11.6 Å². The number of anilines is 1. The Morgan fingerprint density at radius 1 is 1.23 bits per heavy atom. The fraction of sp³-hybridized carbons (Fsp3) is 0.647. The molecule has 0 aromatic carbocycles. The molecule has 0 radical (unpaired) electrons. The zero-order valence-electron chi connectivity index (χ0n) is 15.2. The lowest BCUT2D eigenvalue weighted by molar-refractivity contribution is -0.123. The van der Waals surface area contributed by atoms with Gasteiger partial charge >= 0.3 is 0 Å². The van der Waals surface area contributed by atoms with Crippen LogP contribution in [-0.4, -0.2) is 19.9 Å². The van der Waals surface area contributed by atoms with Crippen molar-refractivity contribution in [1.82, 2.24) is 4.98 Å². The fourth-order valence-corrected chi connectivity index (χ4v) is 3.15. The molecule has 124 valence electrons. The van der Waals surface area contributed by atoms with E-state index in [-0.39, 0.29) is 17.4 Å². The Morgan fingerprint density at radius 2 is 1.82 bits per heavy atom. The molecule has 0 aliphatic carbocycles. The number of carbonyl (C=O) groups excluding carboxylic acids is 1. The van der Waals surface area contributed by atoms with Gasteiger partial charge in [0.2, 0.25) is 5.91 Å². The van der Waals surface area contributed by atoms with Crippen LogP contribution in [0.25, 0.3) is 0 Å². The van der Waals surface area contributed by atoms with Gasteiger partial charge in [-0.15, -0.1) is 0 Å². The quantitative estimate of drug-likeness (QED) is 0.847. The lowest BCUT2D eigenvalue weighted by Gasteiger charge is -2.33. The summed E-state index contributed by atoms with van der Waals surface area (Å²) < 4.78 is 6.23. The van der Waals surface area contributed by atoms with E-state index in [0.717, 1.165) is 5.56 Å². The van der Waals surface area contributed by atoms with Gasteiger partial charge in [-0.25, -0.2) is 4.98 Å². The standard InChI is InChI=1S/C17H30N2O2Si/c1-16(2,3)14(21-22(7)8)12-9-10-18-13(11-12)19-15(20)17(4,5)6/h9-11,14,22H,1-8H3,(H,18,19,20). The average molecular weight is 323 g/mol. The highest BCUT2D eigenvalue weighted by molar-refractivity contribution is 6.48. The van der Waals surface area contributed by atoms with Crippen LogP contribution in [0.4, 0.5) is 5.82 Å². The van der Waals surface area contributed by atoms with E-state index >= 15 is 0 Å². The lowest BCUT2D eigenvalue weighted by atomic mass is 9.85. The highest BCUT2D eigenvalue weighted by Crippen LogP contribution is 2.37. The van der Waals surface area contributed by atoms with Crippen LogP contribution in [0.15, 0.2) is 18.3 Å². The van der Waals surface area contributed by atoms with Crippen LogP contribution in [0.2, 0.25) is 13.1 Å². The molecule has 22 heavy (non-hydrogen) atoms. The Morgan fingerprint density at radius 3 is 2.27 bits per heavy atom. The minimum atomic E-state index is -1.18. The minimum Gasteiger partial charge on any atom is -0.413 e. The molecule has 1 atom stereocenters. The third-order valence-electron chi connectivity index (χ3n) is 3.20. The van der Waals surface area contributed by atoms with Crippen LogP contribution in [-0.2, 0) is 9.22 Å². The molecule has 1 heterocycles. The van der Waals surface area contributed by atoms with Crippen molar-refractivity contribution < 1.29 is 9.22 Å². The number of carbonyl (C=O) groups is 1. The summed E-state index contributed by atoms with van der Waals surface area (Å²) in [6.07, 6.45) is 1.74. The van der Waals surface area contributed by atoms with Crippen molar-refractivity contribution in [3.63, 3.8) is 0 Å². The number of aromatic nitrogens is 1. The number of rotatable bonds is 4. The molecule has 5 heteroatoms. The fourth-order valence-electron chi connectivity index (χ4n) is 2.04. The molecular weight excluding hydrogens is 292 g/mol. The van der Waals surface area contributed by atoms with Crippen LogP contribution >= 0.6 is 0 Å². The Bertz CT molecular complexity index is 516. The first-order chi connectivity index (χ1) is 9.91.